The molecule has 0 spiro atoms. The van der Waals surface area contributed by atoms with Crippen LogP contribution in [0.4, 0.5) is 0 Å². The van der Waals surface area contributed by atoms with Gasteiger partial charge in [0.2, 0.25) is 0 Å². The van der Waals surface area contributed by atoms with Gasteiger partial charge in [-0.2, -0.15) is 0 Å². The standard InChI is InChI=1S/C19H25BrN2O3/c1-3-22(4-2)13-7-12-21-19(23)18-11-10-15(25-18)14-24-17-9-6-5-8-16(17)20/h5-6,8-11H,3-4,7,12-14H2,1-2H3,(H,21,23). The van der Waals surface area contributed by atoms with Gasteiger partial charge in [0.25, 0.3) is 5.91 Å². The van der Waals surface area contributed by atoms with Crippen molar-refractivity contribution in [2.24, 2.45) is 0 Å². The highest BCUT2D eigenvalue weighted by molar-refractivity contribution is 9.10. The lowest BCUT2D eigenvalue weighted by molar-refractivity contribution is 0.0920. The number of nitrogens with one attached hydrogen (secondary N) is 1. The molecule has 0 radical (unpaired) electrons. The molecular formula is C19H25BrN2O3. The molecule has 0 unspecified atom stereocenters. The summed E-state index contributed by atoms with van der Waals surface area (Å²) in [5.41, 5.74) is 0. The lowest BCUT2D eigenvalue weighted by Crippen LogP contribution is -2.29. The van der Waals surface area contributed by atoms with Crippen LogP contribution in [-0.4, -0.2) is 37.0 Å². The maximum absolute atomic E-state index is 12.1. The lowest BCUT2D eigenvalue weighted by Gasteiger charge is -2.17. The van der Waals surface area contributed by atoms with E-state index in [0.717, 1.165) is 36.3 Å². The molecule has 136 valence electrons. The van der Waals surface area contributed by atoms with Crippen LogP contribution < -0.4 is 10.1 Å². The van der Waals surface area contributed by atoms with Crippen molar-refractivity contribution >= 4 is 21.8 Å². The zero-order chi connectivity index (χ0) is 18.1. The van der Waals surface area contributed by atoms with Crippen LogP contribution in [0.1, 0.15) is 36.6 Å². The van der Waals surface area contributed by atoms with Crippen LogP contribution in [0.15, 0.2) is 45.3 Å². The van der Waals surface area contributed by atoms with Gasteiger partial charge in [-0.25, -0.2) is 0 Å². The van der Waals surface area contributed by atoms with Crippen molar-refractivity contribution in [3.8, 4) is 5.75 Å². The Morgan fingerprint density at radius 3 is 2.68 bits per heavy atom. The van der Waals surface area contributed by atoms with Crippen LogP contribution in [0, 0.1) is 0 Å². The number of para-hydroxylation sites is 1. The lowest BCUT2D eigenvalue weighted by atomic mass is 10.3. The van der Waals surface area contributed by atoms with E-state index in [1.807, 2.05) is 24.3 Å². The Balaban J connectivity index is 1.76. The molecule has 0 aliphatic rings. The van der Waals surface area contributed by atoms with E-state index in [9.17, 15) is 4.79 Å². The van der Waals surface area contributed by atoms with Gasteiger partial charge in [0.1, 0.15) is 18.1 Å². The zero-order valence-electron chi connectivity index (χ0n) is 14.8. The number of rotatable bonds is 10. The van der Waals surface area contributed by atoms with E-state index in [1.165, 1.54) is 0 Å². The minimum Gasteiger partial charge on any atom is -0.484 e. The Kier molecular flexibility index (Phi) is 8.01. The number of carbonyl (C=O) groups excluding carboxylic acids is 1. The molecule has 1 heterocycles. The van der Waals surface area contributed by atoms with Crippen molar-refractivity contribution < 1.29 is 13.9 Å². The fourth-order valence-corrected chi connectivity index (χ4v) is 2.82. The molecule has 0 atom stereocenters. The minimum atomic E-state index is -0.188. The molecule has 0 fully saturated rings. The van der Waals surface area contributed by atoms with Crippen molar-refractivity contribution in [2.45, 2.75) is 26.9 Å². The van der Waals surface area contributed by atoms with Gasteiger partial charge in [0.05, 0.1) is 4.47 Å². The Morgan fingerprint density at radius 1 is 1.20 bits per heavy atom. The van der Waals surface area contributed by atoms with Crippen LogP contribution in [0.25, 0.3) is 0 Å². The summed E-state index contributed by atoms with van der Waals surface area (Å²) in [5.74, 6) is 1.48. The summed E-state index contributed by atoms with van der Waals surface area (Å²) in [7, 11) is 0. The van der Waals surface area contributed by atoms with Crippen molar-refractivity contribution in [3.05, 3.63) is 52.4 Å². The Bertz CT molecular complexity index is 668. The Morgan fingerprint density at radius 2 is 1.96 bits per heavy atom. The normalized spacial score (nSPS) is 10.9. The zero-order valence-corrected chi connectivity index (χ0v) is 16.3. The van der Waals surface area contributed by atoms with Gasteiger partial charge in [0, 0.05) is 6.54 Å². The summed E-state index contributed by atoms with van der Waals surface area (Å²) in [5, 5.41) is 2.89. The predicted molar refractivity (Wildman–Crippen MR) is 102 cm³/mol. The number of furan rings is 1. The van der Waals surface area contributed by atoms with E-state index < -0.39 is 0 Å². The molecule has 1 amide bonds. The third-order valence-corrected chi connectivity index (χ3v) is 4.58. The molecule has 25 heavy (non-hydrogen) atoms. The van der Waals surface area contributed by atoms with Gasteiger partial charge in [-0.15, -0.1) is 0 Å². The van der Waals surface area contributed by atoms with Gasteiger partial charge >= 0.3 is 0 Å². The number of halogens is 1. The topological polar surface area (TPSA) is 54.7 Å². The van der Waals surface area contributed by atoms with Crippen LogP contribution in [-0.2, 0) is 6.61 Å². The fourth-order valence-electron chi connectivity index (χ4n) is 2.42. The second-order valence-corrected chi connectivity index (χ2v) is 6.48. The van der Waals surface area contributed by atoms with E-state index in [4.69, 9.17) is 9.15 Å². The molecule has 0 saturated heterocycles. The number of ether oxygens (including phenoxy) is 1. The van der Waals surface area contributed by atoms with Crippen molar-refractivity contribution in [3.63, 3.8) is 0 Å². The maximum atomic E-state index is 12.1. The molecule has 1 aromatic heterocycles. The van der Waals surface area contributed by atoms with E-state index >= 15 is 0 Å². The number of benzene rings is 1. The Hall–Kier alpha value is -1.79. The maximum Gasteiger partial charge on any atom is 0.286 e. The highest BCUT2D eigenvalue weighted by Crippen LogP contribution is 2.24. The van der Waals surface area contributed by atoms with Gasteiger partial charge in [-0.05, 0) is 66.3 Å². The van der Waals surface area contributed by atoms with Crippen molar-refractivity contribution in [2.75, 3.05) is 26.2 Å². The molecule has 0 saturated carbocycles. The summed E-state index contributed by atoms with van der Waals surface area (Å²) in [4.78, 5) is 14.4. The molecule has 1 aromatic carbocycles. The minimum absolute atomic E-state index is 0.188. The summed E-state index contributed by atoms with van der Waals surface area (Å²) < 4.78 is 12.1. The van der Waals surface area contributed by atoms with Gasteiger partial charge in [0.15, 0.2) is 5.76 Å². The molecule has 2 aromatic rings. The van der Waals surface area contributed by atoms with Gasteiger partial charge in [-0.3, -0.25) is 4.79 Å². The summed E-state index contributed by atoms with van der Waals surface area (Å²) >= 11 is 3.43. The molecule has 2 rings (SSSR count). The number of hydrogen-bond acceptors (Lipinski definition) is 4. The molecular weight excluding hydrogens is 384 g/mol. The second-order valence-electron chi connectivity index (χ2n) is 5.62. The largest absolute Gasteiger partial charge is 0.484 e. The Labute approximate surface area is 157 Å². The molecule has 6 heteroatoms. The average molecular weight is 409 g/mol. The summed E-state index contributed by atoms with van der Waals surface area (Å²) in [6, 6.07) is 11.1. The first-order valence-electron chi connectivity index (χ1n) is 8.60. The summed E-state index contributed by atoms with van der Waals surface area (Å²) in [6.07, 6.45) is 0.923. The number of carbonyl (C=O) groups is 1. The van der Waals surface area contributed by atoms with E-state index in [2.05, 4.69) is 40.0 Å². The van der Waals surface area contributed by atoms with Crippen molar-refractivity contribution in [1.82, 2.24) is 10.2 Å². The third-order valence-electron chi connectivity index (χ3n) is 3.92. The smallest absolute Gasteiger partial charge is 0.286 e. The third kappa shape index (κ3) is 6.21. The quantitative estimate of drug-likeness (QED) is 0.601. The summed E-state index contributed by atoms with van der Waals surface area (Å²) in [6.45, 7) is 8.24. The monoisotopic (exact) mass is 408 g/mol. The number of nitrogens with zero attached hydrogens (tertiary/aromatic N) is 1. The first-order valence-corrected chi connectivity index (χ1v) is 9.40. The molecule has 1 N–H and O–H groups in total. The van der Waals surface area contributed by atoms with E-state index in [1.54, 1.807) is 12.1 Å². The highest BCUT2D eigenvalue weighted by atomic mass is 79.9. The number of amides is 1. The van der Waals surface area contributed by atoms with Crippen LogP contribution in [0.3, 0.4) is 0 Å². The molecule has 0 aliphatic heterocycles. The molecule has 5 nitrogen and oxygen atoms in total. The highest BCUT2D eigenvalue weighted by Gasteiger charge is 2.11. The van der Waals surface area contributed by atoms with Gasteiger partial charge < -0.3 is 19.4 Å². The number of hydrogen-bond donors (Lipinski definition) is 1. The predicted octanol–water partition coefficient (Wildman–Crippen LogP) is 4.08. The SMILES string of the molecule is CCN(CC)CCCNC(=O)c1ccc(COc2ccccc2Br)o1. The fraction of sp³-hybridized carbons (Fsp3) is 0.421. The van der Waals surface area contributed by atoms with Crippen molar-refractivity contribution in [1.29, 1.82) is 0 Å². The first kappa shape index (κ1) is 19.5. The molecule has 0 aliphatic carbocycles. The van der Waals surface area contributed by atoms with E-state index in [-0.39, 0.29) is 12.5 Å². The molecule has 0 bridgehead atoms. The first-order chi connectivity index (χ1) is 12.1. The van der Waals surface area contributed by atoms with Crippen LogP contribution in [0.2, 0.25) is 0 Å². The van der Waals surface area contributed by atoms with Crippen LogP contribution in [0.5, 0.6) is 5.75 Å². The van der Waals surface area contributed by atoms with Gasteiger partial charge in [-0.1, -0.05) is 26.0 Å². The van der Waals surface area contributed by atoms with E-state index in [0.29, 0.717) is 18.1 Å². The van der Waals surface area contributed by atoms with Crippen LogP contribution >= 0.6 is 15.9 Å². The second kappa shape index (κ2) is 10.3. The average Bonchev–Trinajstić information content (AvgIpc) is 3.10.